The van der Waals surface area contributed by atoms with Crippen molar-refractivity contribution in [2.75, 3.05) is 18.0 Å². The summed E-state index contributed by atoms with van der Waals surface area (Å²) in [5, 5.41) is 8.85. The van der Waals surface area contributed by atoms with Gasteiger partial charge in [0.05, 0.1) is 12.0 Å². The van der Waals surface area contributed by atoms with Crippen LogP contribution in [0.25, 0.3) is 0 Å². The van der Waals surface area contributed by atoms with Crippen molar-refractivity contribution in [2.45, 2.75) is 20.8 Å². The van der Waals surface area contributed by atoms with Crippen LogP contribution in [0.15, 0.2) is 18.2 Å². The lowest BCUT2D eigenvalue weighted by Gasteiger charge is -2.26. The minimum Gasteiger partial charge on any atom is -0.370 e. The average Bonchev–Trinajstić information content (AvgIpc) is 2.35. The van der Waals surface area contributed by atoms with E-state index in [9.17, 15) is 9.18 Å². The lowest BCUT2D eigenvalue weighted by Crippen LogP contribution is -2.29. The Balaban J connectivity index is 3.13. The second-order valence-electron chi connectivity index (χ2n) is 4.29. The molecule has 1 aromatic carbocycles. The lowest BCUT2D eigenvalue weighted by molar-refractivity contribution is 0.101. The summed E-state index contributed by atoms with van der Waals surface area (Å²) in [6, 6.07) is 6.34. The van der Waals surface area contributed by atoms with Crippen molar-refractivity contribution >= 4 is 11.5 Å². The van der Waals surface area contributed by atoms with Crippen molar-refractivity contribution in [3.8, 4) is 6.07 Å². The van der Waals surface area contributed by atoms with Gasteiger partial charge in [0, 0.05) is 24.3 Å². The van der Waals surface area contributed by atoms with Gasteiger partial charge < -0.3 is 4.90 Å². The Morgan fingerprint density at radius 2 is 2.22 bits per heavy atom. The molecule has 3 nitrogen and oxygen atoms in total. The zero-order valence-electron chi connectivity index (χ0n) is 10.9. The number of rotatable bonds is 5. The fraction of sp³-hybridized carbons (Fsp3) is 0.429. The number of hydrogen-bond donors (Lipinski definition) is 0. The van der Waals surface area contributed by atoms with Crippen LogP contribution >= 0.6 is 0 Å². The van der Waals surface area contributed by atoms with Crippen LogP contribution in [0.5, 0.6) is 0 Å². The summed E-state index contributed by atoms with van der Waals surface area (Å²) in [6.45, 7) is 6.37. The molecule has 18 heavy (non-hydrogen) atoms. The highest BCUT2D eigenvalue weighted by atomic mass is 19.1. The Hall–Kier alpha value is -1.89. The number of anilines is 1. The molecule has 0 aromatic heterocycles. The molecule has 4 heteroatoms. The van der Waals surface area contributed by atoms with E-state index in [4.69, 9.17) is 5.26 Å². The second-order valence-corrected chi connectivity index (χ2v) is 4.29. The van der Waals surface area contributed by atoms with E-state index in [-0.39, 0.29) is 11.7 Å². The van der Waals surface area contributed by atoms with Gasteiger partial charge in [0.15, 0.2) is 5.78 Å². The number of halogens is 1. The van der Waals surface area contributed by atoms with Crippen molar-refractivity contribution in [2.24, 2.45) is 5.92 Å². The Morgan fingerprint density at radius 3 is 2.72 bits per heavy atom. The summed E-state index contributed by atoms with van der Waals surface area (Å²) in [4.78, 5) is 13.5. The van der Waals surface area contributed by atoms with Gasteiger partial charge in [-0.05, 0) is 39.0 Å². The number of ketones is 1. The van der Waals surface area contributed by atoms with Crippen LogP contribution in [0.1, 0.15) is 31.1 Å². The standard InChI is InChI=1S/C14H17FN2O/c1-4-17(9-10(2)8-16)14-6-5-12(15)7-13(14)11(3)18/h5-7,10H,4,9H2,1-3H3. The third-order valence-corrected chi connectivity index (χ3v) is 2.77. The first kappa shape index (κ1) is 14.2. The van der Waals surface area contributed by atoms with E-state index in [1.54, 1.807) is 6.07 Å². The maximum Gasteiger partial charge on any atom is 0.161 e. The van der Waals surface area contributed by atoms with Gasteiger partial charge in [-0.25, -0.2) is 4.39 Å². The number of carbonyl (C=O) groups excluding carboxylic acids is 1. The van der Waals surface area contributed by atoms with Gasteiger partial charge >= 0.3 is 0 Å². The largest absolute Gasteiger partial charge is 0.370 e. The minimum absolute atomic E-state index is 0.144. The summed E-state index contributed by atoms with van der Waals surface area (Å²) < 4.78 is 13.2. The molecule has 0 aliphatic carbocycles. The number of Topliss-reactive ketones (excluding diaryl/α,β-unsaturated/α-hetero) is 1. The van der Waals surface area contributed by atoms with E-state index < -0.39 is 5.82 Å². The monoisotopic (exact) mass is 248 g/mol. The van der Waals surface area contributed by atoms with Gasteiger partial charge in [0.2, 0.25) is 0 Å². The molecule has 96 valence electrons. The highest BCUT2D eigenvalue weighted by Gasteiger charge is 2.15. The van der Waals surface area contributed by atoms with Gasteiger partial charge in [-0.2, -0.15) is 5.26 Å². The van der Waals surface area contributed by atoms with Gasteiger partial charge in [-0.1, -0.05) is 0 Å². The second kappa shape index (κ2) is 6.15. The number of hydrogen-bond acceptors (Lipinski definition) is 3. The molecular weight excluding hydrogens is 231 g/mol. The Bertz CT molecular complexity index is 479. The molecule has 0 fully saturated rings. The zero-order chi connectivity index (χ0) is 13.7. The number of carbonyl (C=O) groups is 1. The molecule has 0 aliphatic rings. The van der Waals surface area contributed by atoms with E-state index in [1.165, 1.54) is 19.1 Å². The number of benzene rings is 1. The normalized spacial score (nSPS) is 11.7. The Kier molecular flexibility index (Phi) is 4.85. The Labute approximate surface area is 107 Å². The maximum atomic E-state index is 13.2. The number of nitriles is 1. The van der Waals surface area contributed by atoms with Crippen LogP contribution in [0, 0.1) is 23.1 Å². The van der Waals surface area contributed by atoms with E-state index >= 15 is 0 Å². The first-order chi connectivity index (χ1) is 8.49. The van der Waals surface area contributed by atoms with Crippen LogP contribution < -0.4 is 4.90 Å². The molecule has 0 amide bonds. The first-order valence-electron chi connectivity index (χ1n) is 5.94. The smallest absolute Gasteiger partial charge is 0.161 e. The highest BCUT2D eigenvalue weighted by Crippen LogP contribution is 2.23. The van der Waals surface area contributed by atoms with Gasteiger partial charge in [-0.15, -0.1) is 0 Å². The SMILES string of the molecule is CCN(CC(C)C#N)c1ccc(F)cc1C(C)=O. The molecule has 0 aliphatic heterocycles. The molecular formula is C14H17FN2O. The van der Waals surface area contributed by atoms with Gasteiger partial charge in [-0.3, -0.25) is 4.79 Å². The third-order valence-electron chi connectivity index (χ3n) is 2.77. The van der Waals surface area contributed by atoms with Crippen molar-refractivity contribution in [1.29, 1.82) is 5.26 Å². The summed E-state index contributed by atoms with van der Waals surface area (Å²) in [6.07, 6.45) is 0. The van der Waals surface area contributed by atoms with E-state index in [2.05, 4.69) is 6.07 Å². The number of nitrogens with zero attached hydrogens (tertiary/aromatic N) is 2. The molecule has 0 radical (unpaired) electrons. The predicted molar refractivity (Wildman–Crippen MR) is 69.1 cm³/mol. The third kappa shape index (κ3) is 3.30. The van der Waals surface area contributed by atoms with Crippen molar-refractivity contribution < 1.29 is 9.18 Å². The lowest BCUT2D eigenvalue weighted by atomic mass is 10.1. The topological polar surface area (TPSA) is 44.1 Å². The highest BCUT2D eigenvalue weighted by molar-refractivity contribution is 5.99. The van der Waals surface area contributed by atoms with E-state index in [0.717, 1.165) is 0 Å². The van der Waals surface area contributed by atoms with Crippen LogP contribution in [0.4, 0.5) is 10.1 Å². The van der Waals surface area contributed by atoms with Gasteiger partial charge in [0.1, 0.15) is 5.82 Å². The zero-order valence-corrected chi connectivity index (χ0v) is 10.9. The molecule has 0 bridgehead atoms. The van der Waals surface area contributed by atoms with Crippen molar-refractivity contribution in [3.63, 3.8) is 0 Å². The fourth-order valence-electron chi connectivity index (χ4n) is 1.84. The van der Waals surface area contributed by atoms with Gasteiger partial charge in [0.25, 0.3) is 0 Å². The average molecular weight is 248 g/mol. The fourth-order valence-corrected chi connectivity index (χ4v) is 1.84. The van der Waals surface area contributed by atoms with Crippen LogP contribution in [-0.4, -0.2) is 18.9 Å². The first-order valence-corrected chi connectivity index (χ1v) is 5.94. The summed E-state index contributed by atoms with van der Waals surface area (Å²) >= 11 is 0. The van der Waals surface area contributed by atoms with Crippen molar-refractivity contribution in [1.82, 2.24) is 0 Å². The Morgan fingerprint density at radius 1 is 1.56 bits per heavy atom. The summed E-state index contributed by atoms with van der Waals surface area (Å²) in [5.74, 6) is -0.740. The van der Waals surface area contributed by atoms with Crippen LogP contribution in [0.3, 0.4) is 0 Å². The quantitative estimate of drug-likeness (QED) is 0.752. The molecule has 0 saturated carbocycles. The van der Waals surface area contributed by atoms with Crippen LogP contribution in [0.2, 0.25) is 0 Å². The summed E-state index contributed by atoms with van der Waals surface area (Å²) in [5.41, 5.74) is 1.05. The molecule has 1 aromatic rings. The van der Waals surface area contributed by atoms with Crippen LogP contribution in [-0.2, 0) is 0 Å². The predicted octanol–water partition coefficient (Wildman–Crippen LogP) is 3.01. The molecule has 0 N–H and O–H groups in total. The molecule has 0 heterocycles. The maximum absolute atomic E-state index is 13.2. The van der Waals surface area contributed by atoms with E-state index in [0.29, 0.717) is 24.3 Å². The molecule has 1 atom stereocenters. The molecule has 1 rings (SSSR count). The molecule has 0 saturated heterocycles. The minimum atomic E-state index is -0.423. The molecule has 1 unspecified atom stereocenters. The summed E-state index contributed by atoms with van der Waals surface area (Å²) in [7, 11) is 0. The molecule has 0 spiro atoms. The van der Waals surface area contributed by atoms with Crippen molar-refractivity contribution in [3.05, 3.63) is 29.6 Å². The van der Waals surface area contributed by atoms with E-state index in [1.807, 2.05) is 18.7 Å².